The fraction of sp³-hybridized carbons (Fsp3) is 0.286. The standard InChI is InChI=1S/C21H21N3O3/c1-23(2)21(25)17-11-6-10-15-13-8-5-9-14(13)19(22-20(15)17)16-7-3-4-12-18(16)24(26)27/h3-8,10-14,19,22H,9H2,1-2H3. The van der Waals surface area contributed by atoms with Gasteiger partial charge in [-0.05, 0) is 24.0 Å². The molecule has 138 valence electrons. The van der Waals surface area contributed by atoms with E-state index in [1.807, 2.05) is 30.3 Å². The average molecular weight is 363 g/mol. The van der Waals surface area contributed by atoms with Crippen LogP contribution in [0.2, 0.25) is 0 Å². The minimum absolute atomic E-state index is 0.0823. The monoisotopic (exact) mass is 363 g/mol. The molecule has 0 saturated carbocycles. The first kappa shape index (κ1) is 17.3. The third kappa shape index (κ3) is 2.77. The topological polar surface area (TPSA) is 75.5 Å². The van der Waals surface area contributed by atoms with E-state index in [2.05, 4.69) is 17.5 Å². The van der Waals surface area contributed by atoms with Crippen LogP contribution in [-0.4, -0.2) is 29.8 Å². The van der Waals surface area contributed by atoms with Gasteiger partial charge in [-0.25, -0.2) is 0 Å². The van der Waals surface area contributed by atoms with E-state index in [9.17, 15) is 14.9 Å². The lowest BCUT2D eigenvalue weighted by Gasteiger charge is -2.38. The van der Waals surface area contributed by atoms with Gasteiger partial charge in [-0.2, -0.15) is 0 Å². The molecule has 3 unspecified atom stereocenters. The number of anilines is 1. The normalized spacial score (nSPS) is 22.5. The van der Waals surface area contributed by atoms with E-state index in [0.717, 1.165) is 17.7 Å². The van der Waals surface area contributed by atoms with Crippen molar-refractivity contribution in [2.24, 2.45) is 5.92 Å². The van der Waals surface area contributed by atoms with Crippen molar-refractivity contribution < 1.29 is 9.72 Å². The highest BCUT2D eigenvalue weighted by Gasteiger charge is 2.41. The number of hydrogen-bond acceptors (Lipinski definition) is 4. The molecule has 0 radical (unpaired) electrons. The number of carbonyl (C=O) groups is 1. The number of amides is 1. The smallest absolute Gasteiger partial charge is 0.274 e. The highest BCUT2D eigenvalue weighted by molar-refractivity contribution is 6.00. The van der Waals surface area contributed by atoms with E-state index in [1.54, 1.807) is 31.1 Å². The second kappa shape index (κ2) is 6.54. The van der Waals surface area contributed by atoms with Gasteiger partial charge in [-0.15, -0.1) is 0 Å². The Hall–Kier alpha value is -3.15. The van der Waals surface area contributed by atoms with Gasteiger partial charge in [0.1, 0.15) is 0 Å². The number of nitrogens with one attached hydrogen (secondary N) is 1. The van der Waals surface area contributed by atoms with Gasteiger partial charge in [0.2, 0.25) is 0 Å². The van der Waals surface area contributed by atoms with Gasteiger partial charge in [0.25, 0.3) is 11.6 Å². The van der Waals surface area contributed by atoms with Crippen LogP contribution in [0.5, 0.6) is 0 Å². The molecule has 27 heavy (non-hydrogen) atoms. The molecule has 0 saturated heterocycles. The number of benzene rings is 2. The van der Waals surface area contributed by atoms with E-state index >= 15 is 0 Å². The maximum Gasteiger partial charge on any atom is 0.274 e. The molecule has 1 aliphatic carbocycles. The Balaban J connectivity index is 1.86. The summed E-state index contributed by atoms with van der Waals surface area (Å²) in [6, 6.07) is 12.4. The molecule has 1 heterocycles. The SMILES string of the molecule is CN(C)C(=O)c1cccc2c1NC(c1ccccc1[N+](=O)[O-])C1CC=CC21. The molecular formula is C21H21N3O3. The van der Waals surface area contributed by atoms with Crippen LogP contribution in [0.3, 0.4) is 0 Å². The molecule has 2 aromatic rings. The largest absolute Gasteiger partial charge is 0.377 e. The summed E-state index contributed by atoms with van der Waals surface area (Å²) >= 11 is 0. The van der Waals surface area contributed by atoms with E-state index in [4.69, 9.17) is 0 Å². The quantitative estimate of drug-likeness (QED) is 0.506. The van der Waals surface area contributed by atoms with Crippen LogP contribution in [0.1, 0.15) is 39.9 Å². The van der Waals surface area contributed by atoms with E-state index in [-0.39, 0.29) is 34.4 Å². The zero-order valence-electron chi connectivity index (χ0n) is 15.3. The van der Waals surface area contributed by atoms with Crippen LogP contribution in [0.4, 0.5) is 11.4 Å². The van der Waals surface area contributed by atoms with Crippen molar-refractivity contribution >= 4 is 17.3 Å². The number of rotatable bonds is 3. The van der Waals surface area contributed by atoms with Crippen molar-refractivity contribution in [2.75, 3.05) is 19.4 Å². The molecule has 0 spiro atoms. The summed E-state index contributed by atoms with van der Waals surface area (Å²) in [5.41, 5.74) is 3.24. The van der Waals surface area contributed by atoms with Crippen LogP contribution in [0, 0.1) is 16.0 Å². The minimum atomic E-state index is -0.333. The zero-order chi connectivity index (χ0) is 19.1. The Kier molecular flexibility index (Phi) is 4.18. The van der Waals surface area contributed by atoms with Crippen LogP contribution in [0.25, 0.3) is 0 Å². The Morgan fingerprint density at radius 2 is 1.89 bits per heavy atom. The van der Waals surface area contributed by atoms with Crippen molar-refractivity contribution in [1.29, 1.82) is 0 Å². The maximum atomic E-state index is 12.7. The van der Waals surface area contributed by atoms with Crippen molar-refractivity contribution in [3.63, 3.8) is 0 Å². The molecule has 2 aromatic carbocycles. The van der Waals surface area contributed by atoms with Gasteiger partial charge < -0.3 is 10.2 Å². The molecule has 0 fully saturated rings. The highest BCUT2D eigenvalue weighted by Crippen LogP contribution is 2.51. The van der Waals surface area contributed by atoms with Gasteiger partial charge in [-0.1, -0.05) is 42.5 Å². The third-order valence-corrected chi connectivity index (χ3v) is 5.50. The number of allylic oxidation sites excluding steroid dienone is 2. The van der Waals surface area contributed by atoms with Gasteiger partial charge in [-0.3, -0.25) is 14.9 Å². The molecule has 1 amide bonds. The predicted octanol–water partition coefficient (Wildman–Crippen LogP) is 4.12. The van der Waals surface area contributed by atoms with Gasteiger partial charge in [0, 0.05) is 26.1 Å². The molecule has 1 N–H and O–H groups in total. The molecule has 3 atom stereocenters. The lowest BCUT2D eigenvalue weighted by Crippen LogP contribution is -2.32. The van der Waals surface area contributed by atoms with E-state index in [1.165, 1.54) is 0 Å². The molecule has 6 nitrogen and oxygen atoms in total. The number of carbonyl (C=O) groups excluding carboxylic acids is 1. The van der Waals surface area contributed by atoms with Crippen molar-refractivity contribution in [1.82, 2.24) is 4.90 Å². The lowest BCUT2D eigenvalue weighted by molar-refractivity contribution is -0.385. The number of fused-ring (bicyclic) bond motifs is 3. The fourth-order valence-corrected chi connectivity index (χ4v) is 4.27. The molecule has 0 bridgehead atoms. The predicted molar refractivity (Wildman–Crippen MR) is 104 cm³/mol. The second-order valence-electron chi connectivity index (χ2n) is 7.26. The molecule has 4 rings (SSSR count). The summed E-state index contributed by atoms with van der Waals surface area (Å²) in [5, 5.41) is 15.1. The molecule has 0 aromatic heterocycles. The van der Waals surface area contributed by atoms with E-state index < -0.39 is 0 Å². The molecule has 6 heteroatoms. The number of nitro groups is 1. The molecule has 1 aliphatic heterocycles. The summed E-state index contributed by atoms with van der Waals surface area (Å²) < 4.78 is 0. The van der Waals surface area contributed by atoms with Crippen molar-refractivity contribution in [3.8, 4) is 0 Å². The van der Waals surface area contributed by atoms with Crippen LogP contribution >= 0.6 is 0 Å². The average Bonchev–Trinajstić information content (AvgIpc) is 3.16. The van der Waals surface area contributed by atoms with E-state index in [0.29, 0.717) is 11.1 Å². The highest BCUT2D eigenvalue weighted by atomic mass is 16.6. The van der Waals surface area contributed by atoms with Crippen LogP contribution in [-0.2, 0) is 0 Å². The Bertz CT molecular complexity index is 951. The first-order valence-electron chi connectivity index (χ1n) is 9.00. The Morgan fingerprint density at radius 3 is 2.63 bits per heavy atom. The number of nitro benzene ring substituents is 1. The maximum absolute atomic E-state index is 12.7. The number of para-hydroxylation sites is 2. The Morgan fingerprint density at radius 1 is 1.15 bits per heavy atom. The first-order chi connectivity index (χ1) is 13.0. The van der Waals surface area contributed by atoms with Crippen molar-refractivity contribution in [3.05, 3.63) is 81.4 Å². The first-order valence-corrected chi connectivity index (χ1v) is 9.00. The van der Waals surface area contributed by atoms with Gasteiger partial charge in [0.15, 0.2) is 0 Å². The summed E-state index contributed by atoms with van der Waals surface area (Å²) in [6.07, 6.45) is 5.14. The molecular weight excluding hydrogens is 342 g/mol. The number of hydrogen-bond donors (Lipinski definition) is 1. The van der Waals surface area contributed by atoms with Gasteiger partial charge >= 0.3 is 0 Å². The molecule has 2 aliphatic rings. The van der Waals surface area contributed by atoms with Crippen LogP contribution in [0.15, 0.2) is 54.6 Å². The summed E-state index contributed by atoms with van der Waals surface area (Å²) in [4.78, 5) is 25.5. The second-order valence-corrected chi connectivity index (χ2v) is 7.26. The van der Waals surface area contributed by atoms with Gasteiger partial charge in [0.05, 0.1) is 27.8 Å². The lowest BCUT2D eigenvalue weighted by atomic mass is 9.76. The van der Waals surface area contributed by atoms with Crippen molar-refractivity contribution in [2.45, 2.75) is 18.4 Å². The summed E-state index contributed by atoms with van der Waals surface area (Å²) in [6.45, 7) is 0. The summed E-state index contributed by atoms with van der Waals surface area (Å²) in [7, 11) is 3.45. The zero-order valence-corrected chi connectivity index (χ0v) is 15.3. The van der Waals surface area contributed by atoms with Crippen LogP contribution < -0.4 is 5.32 Å². The summed E-state index contributed by atoms with van der Waals surface area (Å²) in [5.74, 6) is 0.241. The minimum Gasteiger partial charge on any atom is -0.377 e. The Labute approximate surface area is 157 Å². The number of nitrogens with zero attached hydrogens (tertiary/aromatic N) is 2. The third-order valence-electron chi connectivity index (χ3n) is 5.50. The fourth-order valence-electron chi connectivity index (χ4n) is 4.27.